The van der Waals surface area contributed by atoms with Gasteiger partial charge in [0.05, 0.1) is 23.5 Å². The number of piperidine rings is 2. The van der Waals surface area contributed by atoms with Crippen molar-refractivity contribution in [2.45, 2.75) is 77.9 Å². The van der Waals surface area contributed by atoms with E-state index in [4.69, 9.17) is 4.98 Å². The van der Waals surface area contributed by atoms with Crippen LogP contribution < -0.4 is 5.32 Å². The maximum absolute atomic E-state index is 13.1. The fourth-order valence-corrected chi connectivity index (χ4v) is 6.18. The molecule has 2 atom stereocenters. The zero-order chi connectivity index (χ0) is 34.7. The van der Waals surface area contributed by atoms with E-state index >= 15 is 0 Å². The number of rotatable bonds is 5. The molecule has 3 amide bonds. The topological polar surface area (TPSA) is 142 Å². The Morgan fingerprint density at radius 1 is 1.09 bits per heavy atom. The summed E-state index contributed by atoms with van der Waals surface area (Å²) in [5, 5.41) is 17.7. The second-order valence-corrected chi connectivity index (χ2v) is 11.9. The van der Waals surface area contributed by atoms with Crippen LogP contribution in [0.2, 0.25) is 0 Å². The Kier molecular flexibility index (Phi) is 11.2. The summed E-state index contributed by atoms with van der Waals surface area (Å²) in [5.41, 5.74) is 5.18. The van der Waals surface area contributed by atoms with Crippen LogP contribution in [0.15, 0.2) is 40.9 Å². The first-order valence-corrected chi connectivity index (χ1v) is 16.3. The van der Waals surface area contributed by atoms with Crippen LogP contribution in [0.25, 0.3) is 11.4 Å². The summed E-state index contributed by atoms with van der Waals surface area (Å²) >= 11 is 1.65. The van der Waals surface area contributed by atoms with Gasteiger partial charge < -0.3 is 14.5 Å². The molecule has 3 aliphatic rings. The fourth-order valence-electron chi connectivity index (χ4n) is 6.18. The van der Waals surface area contributed by atoms with E-state index in [0.717, 1.165) is 5.56 Å². The molecule has 16 heteroatoms. The lowest BCUT2D eigenvalue weighted by Gasteiger charge is -2.50. The van der Waals surface area contributed by atoms with Crippen LogP contribution in [-0.2, 0) is 34.5 Å². The van der Waals surface area contributed by atoms with E-state index in [0.29, 0.717) is 48.6 Å². The number of imide groups is 1. The third-order valence-electron chi connectivity index (χ3n) is 8.61. The standard InChI is InChI=1S/C29H29F3N6O5.C2H6.BI/c1-27(2)15-37(13-16-3-5-17(6-4-16)23-35-26(43-36-23)29(30,31)32)12-11-28(27,42)21-9-7-18-19(33-21)14-38(25(18)41)20-8-10-22(39)34-24(20)40;2*1-2/h3-7,9,20,42H,8,10-15H2,1-2H3,(H,34,39,40);1-2H3;. The molecule has 2 fully saturated rings. The third-order valence-corrected chi connectivity index (χ3v) is 8.61. The van der Waals surface area contributed by atoms with Crippen LogP contribution in [0, 0.1) is 5.41 Å². The lowest BCUT2D eigenvalue weighted by Crippen LogP contribution is -2.55. The summed E-state index contributed by atoms with van der Waals surface area (Å²) in [4.78, 5) is 48.8. The van der Waals surface area contributed by atoms with Crippen molar-refractivity contribution in [3.63, 3.8) is 0 Å². The van der Waals surface area contributed by atoms with Crippen molar-refractivity contribution in [2.75, 3.05) is 13.1 Å². The number of aromatic nitrogens is 3. The van der Waals surface area contributed by atoms with Crippen LogP contribution in [0.1, 0.15) is 80.2 Å². The molecule has 2 unspecified atom stereocenters. The summed E-state index contributed by atoms with van der Waals surface area (Å²) < 4.78 is 42.7. The Labute approximate surface area is 285 Å². The minimum Gasteiger partial charge on any atom is -0.383 e. The van der Waals surface area contributed by atoms with E-state index in [9.17, 15) is 32.7 Å². The van der Waals surface area contributed by atoms with Gasteiger partial charge >= 0.3 is 12.1 Å². The number of alkyl halides is 3. The SMILES string of the molecule is CC.CC1(C)CN(Cc2ccc(-c3noc(C(F)(F)F)n3)cc2)CCC1(O)c1ccc2c(n1)CN(C1CCC(=O)NC1=O)C2=O.[B]I. The average molecular weight is 766 g/mol. The lowest BCUT2D eigenvalue weighted by atomic mass is 9.68. The van der Waals surface area contributed by atoms with Gasteiger partial charge in [-0.05, 0) is 30.5 Å². The van der Waals surface area contributed by atoms with Crippen LogP contribution in [0.5, 0.6) is 0 Å². The van der Waals surface area contributed by atoms with Gasteiger partial charge in [-0.1, -0.05) is 57.1 Å². The number of carbonyl (C=O) groups excluding carboxylic acids is 3. The molecule has 11 nitrogen and oxygen atoms in total. The second-order valence-electron chi connectivity index (χ2n) is 11.9. The van der Waals surface area contributed by atoms with Crippen LogP contribution in [0.4, 0.5) is 13.2 Å². The van der Waals surface area contributed by atoms with Crippen molar-refractivity contribution in [3.05, 3.63) is 64.8 Å². The van der Waals surface area contributed by atoms with E-state index in [1.165, 1.54) is 4.90 Å². The molecule has 0 saturated carbocycles. The highest BCUT2D eigenvalue weighted by atomic mass is 127. The predicted molar refractivity (Wildman–Crippen MR) is 174 cm³/mol. The number of halogens is 4. The van der Waals surface area contributed by atoms with Crippen molar-refractivity contribution in [3.8, 4) is 11.4 Å². The van der Waals surface area contributed by atoms with Gasteiger partial charge in [-0.25, -0.2) is 0 Å². The van der Waals surface area contributed by atoms with Gasteiger partial charge in [-0.15, -0.1) is 0 Å². The largest absolute Gasteiger partial charge is 0.471 e. The summed E-state index contributed by atoms with van der Waals surface area (Å²) in [6.07, 6.45) is -3.93. The normalized spacial score (nSPS) is 22.4. The molecule has 2 aromatic heterocycles. The first-order valence-electron chi connectivity index (χ1n) is 15.1. The van der Waals surface area contributed by atoms with Crippen molar-refractivity contribution < 1.29 is 37.2 Å². The molecule has 2 radical (unpaired) electrons. The van der Waals surface area contributed by atoms with Crippen LogP contribution >= 0.6 is 22.4 Å². The van der Waals surface area contributed by atoms with Crippen molar-refractivity contribution in [1.29, 1.82) is 0 Å². The molecule has 5 heterocycles. The second kappa shape index (κ2) is 14.4. The maximum Gasteiger partial charge on any atom is 0.471 e. The molecule has 47 heavy (non-hydrogen) atoms. The number of hydrogen-bond donors (Lipinski definition) is 2. The average Bonchev–Trinajstić information content (AvgIpc) is 3.67. The van der Waals surface area contributed by atoms with Crippen LogP contribution in [0.3, 0.4) is 0 Å². The summed E-state index contributed by atoms with van der Waals surface area (Å²) in [6, 6.07) is 9.43. The van der Waals surface area contributed by atoms with E-state index in [-0.39, 0.29) is 37.0 Å². The van der Waals surface area contributed by atoms with Crippen molar-refractivity contribution in [2.24, 2.45) is 5.41 Å². The van der Waals surface area contributed by atoms with Crippen LogP contribution in [-0.4, -0.2) is 72.6 Å². The molecule has 3 aromatic rings. The zero-order valence-corrected chi connectivity index (χ0v) is 28.6. The minimum absolute atomic E-state index is 0.119. The molecule has 0 bridgehead atoms. The van der Waals surface area contributed by atoms with Gasteiger partial charge in [0.1, 0.15) is 11.6 Å². The summed E-state index contributed by atoms with van der Waals surface area (Å²) in [5.74, 6) is -2.72. The number of carbonyl (C=O) groups is 3. The highest BCUT2D eigenvalue weighted by Crippen LogP contribution is 2.46. The Balaban J connectivity index is 0.00000120. The number of amides is 3. The van der Waals surface area contributed by atoms with Crippen molar-refractivity contribution >= 4 is 45.8 Å². The molecule has 6 rings (SSSR count). The first-order chi connectivity index (χ1) is 22.2. The number of nitrogens with zero attached hydrogens (tertiary/aromatic N) is 5. The number of likely N-dealkylation sites (tertiary alicyclic amines) is 1. The number of aliphatic hydroxyl groups is 1. The third kappa shape index (κ3) is 7.38. The van der Waals surface area contributed by atoms with Gasteiger partial charge in [0.25, 0.3) is 5.91 Å². The number of hydrogen-bond acceptors (Lipinski definition) is 9. The molecule has 250 valence electrons. The molecule has 2 saturated heterocycles. The van der Waals surface area contributed by atoms with Gasteiger partial charge in [0.2, 0.25) is 17.6 Å². The summed E-state index contributed by atoms with van der Waals surface area (Å²) in [6.45, 7) is 9.63. The Morgan fingerprint density at radius 2 is 1.77 bits per heavy atom. The zero-order valence-electron chi connectivity index (χ0n) is 26.4. The molecular weight excluding hydrogens is 731 g/mol. The monoisotopic (exact) mass is 766 g/mol. The number of pyridine rings is 1. The molecule has 0 aliphatic carbocycles. The smallest absolute Gasteiger partial charge is 0.383 e. The molecule has 3 aliphatic heterocycles. The van der Waals surface area contributed by atoms with Gasteiger partial charge in [-0.2, -0.15) is 40.5 Å². The first kappa shape index (κ1) is 36.5. The highest BCUT2D eigenvalue weighted by Gasteiger charge is 2.50. The molecule has 0 spiro atoms. The van der Waals surface area contributed by atoms with Gasteiger partial charge in [-0.3, -0.25) is 29.6 Å². The van der Waals surface area contributed by atoms with E-state index in [2.05, 4.69) is 30.6 Å². The number of nitrogens with one attached hydrogen (secondary N) is 1. The van der Waals surface area contributed by atoms with Crippen molar-refractivity contribution in [1.82, 2.24) is 30.2 Å². The summed E-state index contributed by atoms with van der Waals surface area (Å²) in [7, 11) is 0. The molecular formula is C31H35BF3IN6O5. The number of fused-ring (bicyclic) bond motifs is 1. The fraction of sp³-hybridized carbons (Fsp3) is 0.484. The molecule has 1 aromatic carbocycles. The quantitative estimate of drug-likeness (QED) is 0.217. The Morgan fingerprint density at radius 3 is 2.36 bits per heavy atom. The molecule has 2 N–H and O–H groups in total. The minimum atomic E-state index is -4.71. The predicted octanol–water partition coefficient (Wildman–Crippen LogP) is 4.56. The van der Waals surface area contributed by atoms with Gasteiger partial charge in [0.15, 0.2) is 5.70 Å². The Bertz CT molecular complexity index is 1620. The van der Waals surface area contributed by atoms with Gasteiger partial charge in [0, 0.05) is 37.0 Å². The maximum atomic E-state index is 13.1. The van der Waals surface area contributed by atoms with E-state index < -0.39 is 35.0 Å². The van der Waals surface area contributed by atoms with E-state index in [1.54, 1.807) is 58.8 Å². The lowest BCUT2D eigenvalue weighted by molar-refractivity contribution is -0.159. The Hall–Kier alpha value is -3.38. The number of benzene rings is 1. The highest BCUT2D eigenvalue weighted by molar-refractivity contribution is 14.1. The van der Waals surface area contributed by atoms with E-state index in [1.807, 2.05) is 27.7 Å².